The number of hydrogen-bond acceptors (Lipinski definition) is 6. The van der Waals surface area contributed by atoms with Crippen LogP contribution >= 0.6 is 0 Å². The van der Waals surface area contributed by atoms with Crippen LogP contribution in [0, 0.1) is 5.82 Å². The van der Waals surface area contributed by atoms with Gasteiger partial charge in [0.05, 0.1) is 12.7 Å². The number of nitrogens with zero attached hydrogens (tertiary/aromatic N) is 3. The fraction of sp³-hybridized carbons (Fsp3) is 0.562. The molecule has 0 aromatic carbocycles. The fourth-order valence-corrected chi connectivity index (χ4v) is 2.32. The van der Waals surface area contributed by atoms with E-state index in [-0.39, 0.29) is 17.5 Å². The van der Waals surface area contributed by atoms with Crippen LogP contribution in [0.25, 0.3) is 0 Å². The van der Waals surface area contributed by atoms with Gasteiger partial charge < -0.3 is 19.3 Å². The number of carbonyl (C=O) groups is 2. The number of rotatable bonds is 2. The number of methoxy groups -OCH3 is 1. The number of hydrogen-bond donors (Lipinski definition) is 0. The van der Waals surface area contributed by atoms with Crippen LogP contribution in [0.15, 0.2) is 12.3 Å². The van der Waals surface area contributed by atoms with Crippen LogP contribution in [-0.4, -0.2) is 60.8 Å². The third-order valence-electron chi connectivity index (χ3n) is 3.47. The van der Waals surface area contributed by atoms with Gasteiger partial charge in [0.1, 0.15) is 5.60 Å². The molecule has 0 aliphatic carbocycles. The van der Waals surface area contributed by atoms with E-state index in [4.69, 9.17) is 4.74 Å². The SMILES string of the molecule is COC(=O)c1cnc(N2CCN(C(=O)OC(C)(C)C)CC2)c(F)c1. The molecule has 1 saturated heterocycles. The zero-order chi connectivity index (χ0) is 17.9. The van der Waals surface area contributed by atoms with Crippen LogP contribution in [0.3, 0.4) is 0 Å². The molecule has 0 spiro atoms. The monoisotopic (exact) mass is 339 g/mol. The topological polar surface area (TPSA) is 72.0 Å². The van der Waals surface area contributed by atoms with Gasteiger partial charge in [-0.15, -0.1) is 0 Å². The number of ether oxygens (including phenoxy) is 2. The molecule has 7 nitrogen and oxygen atoms in total. The third kappa shape index (κ3) is 4.33. The maximum absolute atomic E-state index is 14.2. The van der Waals surface area contributed by atoms with Crippen LogP contribution in [0.2, 0.25) is 0 Å². The van der Waals surface area contributed by atoms with E-state index in [1.807, 2.05) is 20.8 Å². The molecule has 1 aliphatic rings. The highest BCUT2D eigenvalue weighted by Crippen LogP contribution is 2.20. The van der Waals surface area contributed by atoms with Crippen molar-refractivity contribution in [2.24, 2.45) is 0 Å². The van der Waals surface area contributed by atoms with Crippen LogP contribution < -0.4 is 4.90 Å². The highest BCUT2D eigenvalue weighted by molar-refractivity contribution is 5.89. The highest BCUT2D eigenvalue weighted by atomic mass is 19.1. The van der Waals surface area contributed by atoms with E-state index < -0.39 is 17.4 Å². The number of pyridine rings is 1. The Morgan fingerprint density at radius 3 is 2.33 bits per heavy atom. The van der Waals surface area contributed by atoms with Crippen molar-refractivity contribution in [2.45, 2.75) is 26.4 Å². The van der Waals surface area contributed by atoms with E-state index in [2.05, 4.69) is 9.72 Å². The molecule has 1 amide bonds. The molecule has 8 heteroatoms. The molecule has 0 bridgehead atoms. The van der Waals surface area contributed by atoms with Crippen molar-refractivity contribution in [3.8, 4) is 0 Å². The minimum atomic E-state index is -0.636. The lowest BCUT2D eigenvalue weighted by Crippen LogP contribution is -2.50. The molecule has 1 fully saturated rings. The second kappa shape index (κ2) is 7.02. The van der Waals surface area contributed by atoms with Gasteiger partial charge >= 0.3 is 12.1 Å². The summed E-state index contributed by atoms with van der Waals surface area (Å²) in [6.07, 6.45) is 0.904. The maximum atomic E-state index is 14.2. The summed E-state index contributed by atoms with van der Waals surface area (Å²) in [4.78, 5) is 30.7. The summed E-state index contributed by atoms with van der Waals surface area (Å²) >= 11 is 0. The molecule has 24 heavy (non-hydrogen) atoms. The summed E-state index contributed by atoms with van der Waals surface area (Å²) in [5, 5.41) is 0. The largest absolute Gasteiger partial charge is 0.465 e. The summed E-state index contributed by atoms with van der Waals surface area (Å²) in [6, 6.07) is 1.11. The summed E-state index contributed by atoms with van der Waals surface area (Å²) in [6.45, 7) is 7.11. The zero-order valence-electron chi connectivity index (χ0n) is 14.3. The van der Waals surface area contributed by atoms with Gasteiger partial charge in [-0.2, -0.15) is 0 Å². The Hall–Kier alpha value is -2.38. The van der Waals surface area contributed by atoms with E-state index in [0.717, 1.165) is 6.07 Å². The van der Waals surface area contributed by atoms with E-state index in [9.17, 15) is 14.0 Å². The molecule has 2 heterocycles. The van der Waals surface area contributed by atoms with Crippen molar-refractivity contribution in [3.05, 3.63) is 23.6 Å². The van der Waals surface area contributed by atoms with Crippen molar-refractivity contribution < 1.29 is 23.5 Å². The number of anilines is 1. The van der Waals surface area contributed by atoms with Crippen LogP contribution in [-0.2, 0) is 9.47 Å². The first-order valence-electron chi connectivity index (χ1n) is 7.68. The molecule has 2 rings (SSSR count). The van der Waals surface area contributed by atoms with Gasteiger partial charge in [0.25, 0.3) is 0 Å². The molecule has 0 N–H and O–H groups in total. The normalized spacial score (nSPS) is 15.2. The Kier molecular flexibility index (Phi) is 5.26. The lowest BCUT2D eigenvalue weighted by molar-refractivity contribution is 0.0240. The lowest BCUT2D eigenvalue weighted by atomic mass is 10.2. The maximum Gasteiger partial charge on any atom is 0.410 e. The first-order chi connectivity index (χ1) is 11.2. The predicted molar refractivity (Wildman–Crippen MR) is 85.6 cm³/mol. The number of carbonyl (C=O) groups excluding carboxylic acids is 2. The van der Waals surface area contributed by atoms with Crippen molar-refractivity contribution >= 4 is 17.9 Å². The summed E-state index contributed by atoms with van der Waals surface area (Å²) in [5.74, 6) is -1.07. The van der Waals surface area contributed by atoms with Gasteiger partial charge in [-0.1, -0.05) is 0 Å². The highest BCUT2D eigenvalue weighted by Gasteiger charge is 2.27. The van der Waals surface area contributed by atoms with Gasteiger partial charge in [-0.05, 0) is 26.8 Å². The standard InChI is InChI=1S/C16H22FN3O4/c1-16(2,3)24-15(22)20-7-5-19(6-8-20)13-12(17)9-11(10-18-13)14(21)23-4/h9-10H,5-8H2,1-4H3. The van der Waals surface area contributed by atoms with Crippen LogP contribution in [0.4, 0.5) is 15.0 Å². The molecular formula is C16H22FN3O4. The first-order valence-corrected chi connectivity index (χ1v) is 7.68. The van der Waals surface area contributed by atoms with E-state index in [1.165, 1.54) is 13.3 Å². The van der Waals surface area contributed by atoms with Crippen LogP contribution in [0.1, 0.15) is 31.1 Å². The molecular weight excluding hydrogens is 317 g/mol. The molecule has 0 saturated carbocycles. The predicted octanol–water partition coefficient (Wildman–Crippen LogP) is 2.06. The van der Waals surface area contributed by atoms with Crippen LogP contribution in [0.5, 0.6) is 0 Å². The van der Waals surface area contributed by atoms with Gasteiger partial charge in [-0.25, -0.2) is 19.0 Å². The molecule has 1 aromatic heterocycles. The molecule has 0 radical (unpaired) electrons. The molecule has 0 atom stereocenters. The van der Waals surface area contributed by atoms with E-state index >= 15 is 0 Å². The summed E-state index contributed by atoms with van der Waals surface area (Å²) < 4.78 is 24.1. The Morgan fingerprint density at radius 2 is 1.83 bits per heavy atom. The summed E-state index contributed by atoms with van der Waals surface area (Å²) in [7, 11) is 1.23. The Morgan fingerprint density at radius 1 is 1.21 bits per heavy atom. The second-order valence-corrected chi connectivity index (χ2v) is 6.48. The third-order valence-corrected chi connectivity index (χ3v) is 3.47. The van der Waals surface area contributed by atoms with Crippen molar-refractivity contribution in [1.29, 1.82) is 0 Å². The number of aromatic nitrogens is 1. The number of halogens is 1. The summed E-state index contributed by atoms with van der Waals surface area (Å²) in [5.41, 5.74) is -0.489. The van der Waals surface area contributed by atoms with Crippen molar-refractivity contribution in [3.63, 3.8) is 0 Å². The first kappa shape index (κ1) is 18.0. The van der Waals surface area contributed by atoms with E-state index in [0.29, 0.717) is 26.2 Å². The molecule has 132 valence electrons. The minimum Gasteiger partial charge on any atom is -0.465 e. The smallest absolute Gasteiger partial charge is 0.410 e. The van der Waals surface area contributed by atoms with Crippen molar-refractivity contribution in [2.75, 3.05) is 38.2 Å². The molecule has 0 unspecified atom stereocenters. The van der Waals surface area contributed by atoms with E-state index in [1.54, 1.807) is 9.80 Å². The van der Waals surface area contributed by atoms with Gasteiger partial charge in [0.2, 0.25) is 0 Å². The quantitative estimate of drug-likeness (QED) is 0.768. The number of amides is 1. The van der Waals surface area contributed by atoms with Gasteiger partial charge in [-0.3, -0.25) is 0 Å². The second-order valence-electron chi connectivity index (χ2n) is 6.48. The van der Waals surface area contributed by atoms with Gasteiger partial charge in [0.15, 0.2) is 11.6 Å². The zero-order valence-corrected chi connectivity index (χ0v) is 14.3. The fourth-order valence-electron chi connectivity index (χ4n) is 2.32. The molecule has 1 aromatic rings. The molecule has 1 aliphatic heterocycles. The average molecular weight is 339 g/mol. The number of piperazine rings is 1. The Labute approximate surface area is 140 Å². The number of esters is 1. The lowest BCUT2D eigenvalue weighted by Gasteiger charge is -2.36. The average Bonchev–Trinajstić information content (AvgIpc) is 2.52. The minimum absolute atomic E-state index is 0.0612. The van der Waals surface area contributed by atoms with Crippen molar-refractivity contribution in [1.82, 2.24) is 9.88 Å². The Bertz CT molecular complexity index is 622. The Balaban J connectivity index is 2.00. The van der Waals surface area contributed by atoms with Gasteiger partial charge in [0, 0.05) is 32.4 Å².